The van der Waals surface area contributed by atoms with Crippen LogP contribution in [0.2, 0.25) is 0 Å². The maximum Gasteiger partial charge on any atom is 0.420 e. The van der Waals surface area contributed by atoms with Crippen LogP contribution >= 0.6 is 0 Å². The van der Waals surface area contributed by atoms with Crippen molar-refractivity contribution in [2.24, 2.45) is 0 Å². The van der Waals surface area contributed by atoms with Gasteiger partial charge in [-0.05, 0) is 58.2 Å². The molecule has 1 atom stereocenters. The molecule has 4 rings (SSSR count). The van der Waals surface area contributed by atoms with Crippen molar-refractivity contribution < 1.29 is 23.2 Å². The summed E-state index contributed by atoms with van der Waals surface area (Å²) in [6.07, 6.45) is 3.93. The second-order valence-electron chi connectivity index (χ2n) is 9.69. The zero-order chi connectivity index (χ0) is 23.6. The third-order valence-corrected chi connectivity index (χ3v) is 5.82. The predicted octanol–water partition coefficient (Wildman–Crippen LogP) is 5.22. The first kappa shape index (κ1) is 23.3. The topological polar surface area (TPSA) is 96.7 Å². The maximum absolute atomic E-state index is 12.3. The summed E-state index contributed by atoms with van der Waals surface area (Å²) in [6.45, 7) is 8.78. The molecule has 1 unspecified atom stereocenters. The fourth-order valence-electron chi connectivity index (χ4n) is 4.20. The number of fused-ring (bicyclic) bond motifs is 1. The van der Waals surface area contributed by atoms with E-state index in [1.165, 1.54) is 0 Å². The van der Waals surface area contributed by atoms with Gasteiger partial charge in [0.1, 0.15) is 5.60 Å². The van der Waals surface area contributed by atoms with Gasteiger partial charge in [0.25, 0.3) is 0 Å². The van der Waals surface area contributed by atoms with Gasteiger partial charge in [0.15, 0.2) is 11.3 Å². The van der Waals surface area contributed by atoms with Crippen LogP contribution in [-0.4, -0.2) is 34.5 Å². The number of aromatic nitrogens is 2. The van der Waals surface area contributed by atoms with Crippen LogP contribution in [0.5, 0.6) is 0 Å². The van der Waals surface area contributed by atoms with Crippen molar-refractivity contribution in [2.75, 3.05) is 13.2 Å². The number of esters is 1. The van der Waals surface area contributed by atoms with Crippen LogP contribution in [0.25, 0.3) is 22.4 Å². The quantitative estimate of drug-likeness (QED) is 0.407. The smallest absolute Gasteiger partial charge is 0.420 e. The maximum atomic E-state index is 12.3. The SMILES string of the molecule is CCCC(CCCC(=O)OC(C)(C)C)c1cc(-c2ccc3oc(=O)n(C4COC4)c3c2)on1. The molecule has 3 heterocycles. The van der Waals surface area contributed by atoms with Gasteiger partial charge in [-0.2, -0.15) is 0 Å². The van der Waals surface area contributed by atoms with E-state index in [-0.39, 0.29) is 23.7 Å². The fraction of sp³-hybridized carbons (Fsp3) is 0.560. The summed E-state index contributed by atoms with van der Waals surface area (Å²) in [4.78, 5) is 24.3. The highest BCUT2D eigenvalue weighted by molar-refractivity contribution is 5.79. The Hall–Kier alpha value is -2.87. The van der Waals surface area contributed by atoms with E-state index in [1.54, 1.807) is 10.6 Å². The van der Waals surface area contributed by atoms with Gasteiger partial charge in [-0.3, -0.25) is 9.36 Å². The van der Waals surface area contributed by atoms with Crippen molar-refractivity contribution in [3.63, 3.8) is 0 Å². The second kappa shape index (κ2) is 9.55. The minimum atomic E-state index is -0.465. The van der Waals surface area contributed by atoms with E-state index in [0.29, 0.717) is 31.0 Å². The fourth-order valence-corrected chi connectivity index (χ4v) is 4.20. The lowest BCUT2D eigenvalue weighted by molar-refractivity contribution is -0.154. The average molecular weight is 457 g/mol. The Kier molecular flexibility index (Phi) is 6.74. The number of nitrogens with zero attached hydrogens (tertiary/aromatic N) is 2. The van der Waals surface area contributed by atoms with E-state index in [9.17, 15) is 9.59 Å². The van der Waals surface area contributed by atoms with Crippen molar-refractivity contribution in [1.82, 2.24) is 9.72 Å². The molecule has 1 aromatic carbocycles. The number of rotatable bonds is 9. The summed E-state index contributed by atoms with van der Waals surface area (Å²) in [6, 6.07) is 7.52. The molecule has 1 fully saturated rings. The first-order valence-electron chi connectivity index (χ1n) is 11.7. The van der Waals surface area contributed by atoms with Crippen molar-refractivity contribution in [3.05, 3.63) is 40.5 Å². The largest absolute Gasteiger partial charge is 0.460 e. The molecule has 0 amide bonds. The Bertz CT molecular complexity index is 1160. The minimum Gasteiger partial charge on any atom is -0.460 e. The summed E-state index contributed by atoms with van der Waals surface area (Å²) in [5.74, 6) is 0.305. The molecule has 2 aromatic heterocycles. The predicted molar refractivity (Wildman–Crippen MR) is 123 cm³/mol. The number of oxazole rings is 1. The molecule has 178 valence electrons. The van der Waals surface area contributed by atoms with Crippen molar-refractivity contribution in [1.29, 1.82) is 0 Å². The van der Waals surface area contributed by atoms with Crippen molar-refractivity contribution >= 4 is 17.1 Å². The molecule has 1 aliphatic heterocycles. The molecule has 0 bridgehead atoms. The zero-order valence-corrected chi connectivity index (χ0v) is 19.8. The molecule has 0 saturated carbocycles. The van der Waals surface area contributed by atoms with Gasteiger partial charge in [0.2, 0.25) is 0 Å². The molecule has 8 heteroatoms. The van der Waals surface area contributed by atoms with Crippen molar-refractivity contribution in [3.8, 4) is 11.3 Å². The first-order chi connectivity index (χ1) is 15.7. The Morgan fingerprint density at radius 2 is 2.03 bits per heavy atom. The second-order valence-corrected chi connectivity index (χ2v) is 9.69. The summed E-state index contributed by atoms with van der Waals surface area (Å²) in [5.41, 5.74) is 2.52. The van der Waals surface area contributed by atoms with Gasteiger partial charge >= 0.3 is 11.7 Å². The monoisotopic (exact) mass is 456 g/mol. The van der Waals surface area contributed by atoms with E-state index in [1.807, 2.05) is 39.0 Å². The molecule has 0 spiro atoms. The van der Waals surface area contributed by atoms with Crippen molar-refractivity contribution in [2.45, 2.75) is 77.4 Å². The number of hydrogen-bond donors (Lipinski definition) is 0. The molecule has 0 radical (unpaired) electrons. The molecule has 0 aliphatic carbocycles. The third kappa shape index (κ3) is 5.38. The van der Waals surface area contributed by atoms with Crippen LogP contribution in [0.15, 0.2) is 38.0 Å². The summed E-state index contributed by atoms with van der Waals surface area (Å²) in [7, 11) is 0. The van der Waals surface area contributed by atoms with Crippen LogP contribution in [0.3, 0.4) is 0 Å². The lowest BCUT2D eigenvalue weighted by Gasteiger charge is -2.26. The highest BCUT2D eigenvalue weighted by atomic mass is 16.6. The van der Waals surface area contributed by atoms with E-state index in [2.05, 4.69) is 12.1 Å². The van der Waals surface area contributed by atoms with Crippen LogP contribution in [0.1, 0.15) is 77.5 Å². The molecule has 8 nitrogen and oxygen atoms in total. The van der Waals surface area contributed by atoms with E-state index in [0.717, 1.165) is 42.5 Å². The number of carbonyl (C=O) groups excluding carboxylic acids is 1. The molecule has 3 aromatic rings. The molecule has 1 aliphatic rings. The number of benzene rings is 1. The molecule has 33 heavy (non-hydrogen) atoms. The molecular weight excluding hydrogens is 424 g/mol. The number of hydrogen-bond acceptors (Lipinski definition) is 7. The van der Waals surface area contributed by atoms with Gasteiger partial charge < -0.3 is 18.4 Å². The van der Waals surface area contributed by atoms with E-state index >= 15 is 0 Å². The highest BCUT2D eigenvalue weighted by Crippen LogP contribution is 2.32. The highest BCUT2D eigenvalue weighted by Gasteiger charge is 2.26. The molecular formula is C25H32N2O6. The number of ether oxygens (including phenoxy) is 2. The summed E-state index contributed by atoms with van der Waals surface area (Å²) in [5, 5.41) is 4.34. The minimum absolute atomic E-state index is 0.00167. The Morgan fingerprint density at radius 1 is 1.24 bits per heavy atom. The van der Waals surface area contributed by atoms with Crippen LogP contribution in [-0.2, 0) is 14.3 Å². The summed E-state index contributed by atoms with van der Waals surface area (Å²) >= 11 is 0. The molecule has 1 saturated heterocycles. The van der Waals surface area contributed by atoms with Crippen LogP contribution < -0.4 is 5.76 Å². The Balaban J connectivity index is 1.49. The van der Waals surface area contributed by atoms with Gasteiger partial charge in [0, 0.05) is 24.0 Å². The normalized spacial score (nSPS) is 15.5. The molecule has 0 N–H and O–H groups in total. The van der Waals surface area contributed by atoms with Gasteiger partial charge in [-0.25, -0.2) is 4.79 Å². The van der Waals surface area contributed by atoms with Gasteiger partial charge in [-0.15, -0.1) is 0 Å². The Morgan fingerprint density at radius 3 is 2.70 bits per heavy atom. The van der Waals surface area contributed by atoms with Gasteiger partial charge in [-0.1, -0.05) is 18.5 Å². The van der Waals surface area contributed by atoms with E-state index < -0.39 is 5.60 Å². The van der Waals surface area contributed by atoms with Crippen LogP contribution in [0, 0.1) is 0 Å². The van der Waals surface area contributed by atoms with Gasteiger partial charge in [0.05, 0.1) is 30.5 Å². The first-order valence-corrected chi connectivity index (χ1v) is 11.7. The lowest BCUT2D eigenvalue weighted by Crippen LogP contribution is -2.35. The standard InChI is InChI=1S/C25H32N2O6/c1-5-7-16(8-6-9-23(28)32-25(2,3)4)19-13-22(33-26-19)17-10-11-21-20(12-17)27(24(29)31-21)18-14-30-15-18/h10-13,16,18H,5-9,14-15H2,1-4H3. The Labute approximate surface area is 192 Å². The third-order valence-electron chi connectivity index (χ3n) is 5.82. The lowest BCUT2D eigenvalue weighted by atomic mass is 9.93. The number of carbonyl (C=O) groups is 1. The zero-order valence-electron chi connectivity index (χ0n) is 19.8. The average Bonchev–Trinajstić information content (AvgIpc) is 3.30. The summed E-state index contributed by atoms with van der Waals surface area (Å²) < 4.78 is 23.4. The van der Waals surface area contributed by atoms with E-state index in [4.69, 9.17) is 18.4 Å². The van der Waals surface area contributed by atoms with Crippen LogP contribution in [0.4, 0.5) is 0 Å².